The molecule has 2 amide bonds. The van der Waals surface area contributed by atoms with Gasteiger partial charge in [0.15, 0.2) is 0 Å². The molecule has 2 aromatic rings. The molecule has 0 spiro atoms. The Balaban J connectivity index is 2.02. The summed E-state index contributed by atoms with van der Waals surface area (Å²) in [6.07, 6.45) is -0.444. The summed E-state index contributed by atoms with van der Waals surface area (Å²) in [5.41, 5.74) is 1.04. The van der Waals surface area contributed by atoms with E-state index in [0.717, 1.165) is 11.1 Å². The van der Waals surface area contributed by atoms with Crippen molar-refractivity contribution in [3.63, 3.8) is 0 Å². The van der Waals surface area contributed by atoms with Crippen molar-refractivity contribution in [3.05, 3.63) is 71.8 Å². The molecule has 0 unspecified atom stereocenters. The maximum atomic E-state index is 12.7. The van der Waals surface area contributed by atoms with Crippen LogP contribution in [0.25, 0.3) is 0 Å². The minimum atomic E-state index is -0.901. The van der Waals surface area contributed by atoms with E-state index in [1.54, 1.807) is 20.8 Å². The summed E-state index contributed by atoms with van der Waals surface area (Å²) in [7, 11) is 1.52. The molecule has 0 aliphatic carbocycles. The average Bonchev–Trinajstić information content (AvgIpc) is 2.71. The van der Waals surface area contributed by atoms with Gasteiger partial charge in [0.1, 0.15) is 26.1 Å². The molecule has 31 heavy (non-hydrogen) atoms. The zero-order chi connectivity index (χ0) is 22.9. The number of carbonyl (C=O) groups is 3. The third kappa shape index (κ3) is 8.94. The fourth-order valence-electron chi connectivity index (χ4n) is 2.72. The van der Waals surface area contributed by atoms with E-state index in [4.69, 9.17) is 9.47 Å². The topological polar surface area (TPSA) is 93.7 Å². The first-order valence-corrected chi connectivity index (χ1v) is 10.2. The van der Waals surface area contributed by atoms with Gasteiger partial charge in [-0.2, -0.15) is 0 Å². The fourth-order valence-corrected chi connectivity index (χ4v) is 2.72. The van der Waals surface area contributed by atoms with E-state index in [2.05, 4.69) is 10.6 Å². The predicted molar refractivity (Wildman–Crippen MR) is 120 cm³/mol. The first kappa shape index (κ1) is 24.0. The van der Waals surface area contributed by atoms with Gasteiger partial charge in [0.2, 0.25) is 5.91 Å². The molecular formula is C23H29BN2O5. The van der Waals surface area contributed by atoms with Gasteiger partial charge in [-0.3, -0.25) is 4.79 Å². The van der Waals surface area contributed by atoms with E-state index in [9.17, 15) is 14.4 Å². The molecular weight excluding hydrogens is 395 g/mol. The third-order valence-electron chi connectivity index (χ3n) is 4.23. The maximum Gasteiger partial charge on any atom is 0.407 e. The minimum Gasteiger partial charge on any atom is -0.459 e. The van der Waals surface area contributed by atoms with Gasteiger partial charge >= 0.3 is 12.1 Å². The van der Waals surface area contributed by atoms with Crippen LogP contribution in [0.1, 0.15) is 31.9 Å². The lowest BCUT2D eigenvalue weighted by Gasteiger charge is -2.23. The summed E-state index contributed by atoms with van der Waals surface area (Å²) in [5.74, 6) is -1.95. The maximum absolute atomic E-state index is 12.7. The van der Waals surface area contributed by atoms with E-state index in [-0.39, 0.29) is 13.0 Å². The molecule has 2 atom stereocenters. The van der Waals surface area contributed by atoms with Crippen LogP contribution in [0.2, 0.25) is 0 Å². The van der Waals surface area contributed by atoms with Gasteiger partial charge in [-0.1, -0.05) is 60.7 Å². The highest BCUT2D eigenvalue weighted by Crippen LogP contribution is 2.09. The number of hydrogen-bond donors (Lipinski definition) is 2. The molecule has 0 aliphatic rings. The highest BCUT2D eigenvalue weighted by Gasteiger charge is 2.27. The number of benzene rings is 2. The Bertz CT molecular complexity index is 869. The molecule has 0 saturated heterocycles. The molecule has 0 bridgehead atoms. The van der Waals surface area contributed by atoms with E-state index in [1.165, 1.54) is 7.85 Å². The van der Waals surface area contributed by atoms with E-state index in [0.29, 0.717) is 0 Å². The first-order valence-electron chi connectivity index (χ1n) is 10.2. The Labute approximate surface area is 183 Å². The number of alkyl carbamates (subject to hydrolysis) is 1. The zero-order valence-corrected chi connectivity index (χ0v) is 18.4. The number of hydrogen-bond acceptors (Lipinski definition) is 5. The summed E-state index contributed by atoms with van der Waals surface area (Å²) in [4.78, 5) is 37.3. The first-order chi connectivity index (χ1) is 14.6. The standard InChI is InChI=1S/C23H29BN2O5/c1-23(2,3)31-22(29)26-19(24)20(27)25-18(14-16-10-6-4-7-11-16)21(28)30-15-17-12-8-5-9-13-17/h4-13,18-19H,14-15,24H2,1-3H3,(H,25,27)(H,26,29)/t18-,19+/m0/s1. The van der Waals surface area contributed by atoms with Crippen LogP contribution in [0, 0.1) is 0 Å². The Kier molecular flexibility index (Phi) is 8.67. The smallest absolute Gasteiger partial charge is 0.407 e. The summed E-state index contributed by atoms with van der Waals surface area (Å²) in [6, 6.07) is 17.7. The van der Waals surface area contributed by atoms with Gasteiger partial charge < -0.3 is 20.1 Å². The van der Waals surface area contributed by atoms with Crippen molar-refractivity contribution < 1.29 is 23.9 Å². The van der Waals surface area contributed by atoms with Crippen LogP contribution in [0.4, 0.5) is 4.79 Å². The van der Waals surface area contributed by atoms with Crippen molar-refractivity contribution in [1.82, 2.24) is 10.6 Å². The molecule has 0 aromatic heterocycles. The predicted octanol–water partition coefficient (Wildman–Crippen LogP) is 1.94. The summed E-state index contributed by atoms with van der Waals surface area (Å²) in [6.45, 7) is 5.30. The van der Waals surface area contributed by atoms with E-state index >= 15 is 0 Å². The number of carbonyl (C=O) groups excluding carboxylic acids is 3. The molecule has 2 rings (SSSR count). The Morgan fingerprint density at radius 1 is 0.903 bits per heavy atom. The molecule has 2 aromatic carbocycles. The summed E-state index contributed by atoms with van der Waals surface area (Å²) >= 11 is 0. The van der Waals surface area contributed by atoms with Gasteiger partial charge in [-0.05, 0) is 31.9 Å². The van der Waals surface area contributed by atoms with Crippen molar-refractivity contribution >= 4 is 25.8 Å². The normalized spacial score (nSPS) is 12.9. The van der Waals surface area contributed by atoms with Gasteiger partial charge in [0.25, 0.3) is 0 Å². The van der Waals surface area contributed by atoms with Crippen LogP contribution >= 0.6 is 0 Å². The van der Waals surface area contributed by atoms with Crippen molar-refractivity contribution in [2.24, 2.45) is 0 Å². The SMILES string of the molecule is B[C@H](NC(=O)OC(C)(C)C)C(=O)N[C@@H](Cc1ccccc1)C(=O)OCc1ccccc1. The Morgan fingerprint density at radius 2 is 1.45 bits per heavy atom. The lowest BCUT2D eigenvalue weighted by atomic mass is 9.95. The largest absolute Gasteiger partial charge is 0.459 e. The number of ether oxygens (including phenoxy) is 2. The molecule has 0 radical (unpaired) electrons. The molecule has 0 saturated carbocycles. The second-order valence-corrected chi connectivity index (χ2v) is 8.21. The molecule has 8 heteroatoms. The van der Waals surface area contributed by atoms with Crippen LogP contribution in [0.5, 0.6) is 0 Å². The molecule has 164 valence electrons. The second-order valence-electron chi connectivity index (χ2n) is 8.21. The minimum absolute atomic E-state index is 0.104. The van der Waals surface area contributed by atoms with Gasteiger partial charge in [-0.15, -0.1) is 0 Å². The van der Waals surface area contributed by atoms with Gasteiger partial charge in [-0.25, -0.2) is 9.59 Å². The molecule has 0 heterocycles. The fraction of sp³-hybridized carbons (Fsp3) is 0.348. The van der Waals surface area contributed by atoms with Crippen molar-refractivity contribution in [1.29, 1.82) is 0 Å². The molecule has 2 N–H and O–H groups in total. The Hall–Kier alpha value is -3.29. The summed E-state index contributed by atoms with van der Waals surface area (Å²) in [5, 5.41) is 5.16. The second kappa shape index (κ2) is 11.2. The van der Waals surface area contributed by atoms with Crippen LogP contribution in [-0.4, -0.2) is 43.4 Å². The van der Waals surface area contributed by atoms with Gasteiger partial charge in [0.05, 0.1) is 5.94 Å². The number of nitrogens with one attached hydrogen (secondary N) is 2. The highest BCUT2D eigenvalue weighted by molar-refractivity contribution is 6.25. The van der Waals surface area contributed by atoms with Crippen molar-refractivity contribution in [3.8, 4) is 0 Å². The monoisotopic (exact) mass is 424 g/mol. The van der Waals surface area contributed by atoms with E-state index < -0.39 is 35.6 Å². The lowest BCUT2D eigenvalue weighted by molar-refractivity contribution is -0.149. The average molecular weight is 424 g/mol. The highest BCUT2D eigenvalue weighted by atomic mass is 16.6. The van der Waals surface area contributed by atoms with E-state index in [1.807, 2.05) is 60.7 Å². The van der Waals surface area contributed by atoms with Gasteiger partial charge in [0, 0.05) is 6.42 Å². The van der Waals surface area contributed by atoms with Crippen molar-refractivity contribution in [2.75, 3.05) is 0 Å². The van der Waals surface area contributed by atoms with Crippen LogP contribution in [-0.2, 0) is 32.1 Å². The van der Waals surface area contributed by atoms with Crippen molar-refractivity contribution in [2.45, 2.75) is 51.4 Å². The third-order valence-corrected chi connectivity index (χ3v) is 4.23. The summed E-state index contributed by atoms with van der Waals surface area (Å²) < 4.78 is 10.6. The number of rotatable bonds is 8. The zero-order valence-electron chi connectivity index (χ0n) is 18.4. The molecule has 7 nitrogen and oxygen atoms in total. The Morgan fingerprint density at radius 3 is 2.00 bits per heavy atom. The van der Waals surface area contributed by atoms with Crippen LogP contribution in [0.3, 0.4) is 0 Å². The molecule has 0 fully saturated rings. The van der Waals surface area contributed by atoms with Crippen LogP contribution < -0.4 is 10.6 Å². The lowest BCUT2D eigenvalue weighted by Crippen LogP contribution is -2.53. The van der Waals surface area contributed by atoms with Crippen LogP contribution in [0.15, 0.2) is 60.7 Å². The quantitative estimate of drug-likeness (QED) is 0.499. The molecule has 0 aliphatic heterocycles. The number of esters is 1. The number of amides is 2.